The Morgan fingerprint density at radius 2 is 2.30 bits per heavy atom. The summed E-state index contributed by atoms with van der Waals surface area (Å²) in [7, 11) is 1.59. The lowest BCUT2D eigenvalue weighted by Gasteiger charge is -2.13. The molecule has 1 atom stereocenters. The molecular weight excluding hydrogens is 264 g/mol. The fourth-order valence-corrected chi connectivity index (χ4v) is 1.60. The second kappa shape index (κ2) is 7.39. The van der Waals surface area contributed by atoms with Gasteiger partial charge < -0.3 is 15.4 Å². The van der Waals surface area contributed by atoms with Crippen molar-refractivity contribution in [2.24, 2.45) is 0 Å². The van der Waals surface area contributed by atoms with E-state index in [2.05, 4.69) is 15.6 Å². The van der Waals surface area contributed by atoms with Gasteiger partial charge in [-0.15, -0.1) is 0 Å². The molecule has 0 saturated heterocycles. The van der Waals surface area contributed by atoms with Gasteiger partial charge in [-0.3, -0.25) is 14.9 Å². The van der Waals surface area contributed by atoms with E-state index in [-0.39, 0.29) is 23.2 Å². The van der Waals surface area contributed by atoms with Crippen LogP contribution >= 0.6 is 0 Å². The van der Waals surface area contributed by atoms with Crippen molar-refractivity contribution in [1.29, 1.82) is 0 Å². The Balaban J connectivity index is 2.84. The van der Waals surface area contributed by atoms with Crippen LogP contribution in [0.3, 0.4) is 0 Å². The summed E-state index contributed by atoms with van der Waals surface area (Å²) in [5.41, 5.74) is -0.0996. The molecule has 8 heteroatoms. The van der Waals surface area contributed by atoms with E-state index in [1.54, 1.807) is 7.05 Å². The number of nitrogens with one attached hydrogen (secondary N) is 2. The number of anilines is 1. The van der Waals surface area contributed by atoms with E-state index in [0.717, 1.165) is 6.20 Å². The summed E-state index contributed by atoms with van der Waals surface area (Å²) in [5.74, 6) is -0.144. The first-order chi connectivity index (χ1) is 9.49. The Morgan fingerprint density at radius 3 is 2.85 bits per heavy atom. The molecule has 0 aliphatic carbocycles. The van der Waals surface area contributed by atoms with E-state index in [9.17, 15) is 14.9 Å². The van der Waals surface area contributed by atoms with Crippen molar-refractivity contribution in [3.8, 4) is 0 Å². The number of amides is 1. The Morgan fingerprint density at radius 1 is 1.60 bits per heavy atom. The van der Waals surface area contributed by atoms with Gasteiger partial charge in [0.15, 0.2) is 0 Å². The minimum atomic E-state index is -0.591. The summed E-state index contributed by atoms with van der Waals surface area (Å²) >= 11 is 0. The van der Waals surface area contributed by atoms with Gasteiger partial charge in [-0.25, -0.2) is 4.98 Å². The number of rotatable bonds is 7. The number of nitrogens with zero attached hydrogens (tertiary/aromatic N) is 2. The number of aromatic nitrogens is 1. The van der Waals surface area contributed by atoms with Crippen LogP contribution < -0.4 is 10.6 Å². The van der Waals surface area contributed by atoms with Crippen LogP contribution in [-0.4, -0.2) is 42.1 Å². The standard InChI is InChI=1S/C12H18N4O4/c1-4-20-8(2)6-15-12(17)10-5-9(16(18)19)7-14-11(10)13-3/h5,7-8H,4,6H2,1-3H3,(H,13,14)(H,15,17). The molecule has 0 radical (unpaired) electrons. The van der Waals surface area contributed by atoms with E-state index in [0.29, 0.717) is 13.2 Å². The first-order valence-electron chi connectivity index (χ1n) is 6.21. The topological polar surface area (TPSA) is 106 Å². The zero-order valence-electron chi connectivity index (χ0n) is 11.7. The quantitative estimate of drug-likeness (QED) is 0.574. The highest BCUT2D eigenvalue weighted by molar-refractivity contribution is 5.99. The van der Waals surface area contributed by atoms with Crippen LogP contribution in [0, 0.1) is 10.1 Å². The molecule has 1 aromatic heterocycles. The first kappa shape index (κ1) is 15.8. The monoisotopic (exact) mass is 282 g/mol. The summed E-state index contributed by atoms with van der Waals surface area (Å²) in [5, 5.41) is 16.1. The highest BCUT2D eigenvalue weighted by Gasteiger charge is 2.17. The zero-order valence-corrected chi connectivity index (χ0v) is 11.7. The van der Waals surface area contributed by atoms with Gasteiger partial charge in [-0.05, 0) is 13.8 Å². The first-order valence-corrected chi connectivity index (χ1v) is 6.21. The largest absolute Gasteiger partial charge is 0.377 e. The fourth-order valence-electron chi connectivity index (χ4n) is 1.60. The second-order valence-electron chi connectivity index (χ2n) is 4.07. The van der Waals surface area contributed by atoms with E-state index in [1.165, 1.54) is 6.07 Å². The van der Waals surface area contributed by atoms with Gasteiger partial charge in [0.25, 0.3) is 11.6 Å². The van der Waals surface area contributed by atoms with Crippen LogP contribution in [0.25, 0.3) is 0 Å². The van der Waals surface area contributed by atoms with Crippen molar-refractivity contribution in [1.82, 2.24) is 10.3 Å². The Hall–Kier alpha value is -2.22. The highest BCUT2D eigenvalue weighted by atomic mass is 16.6. The van der Waals surface area contributed by atoms with Crippen LogP contribution in [0.2, 0.25) is 0 Å². The van der Waals surface area contributed by atoms with Crippen molar-refractivity contribution < 1.29 is 14.5 Å². The third kappa shape index (κ3) is 4.16. The van der Waals surface area contributed by atoms with Crippen LogP contribution in [0.5, 0.6) is 0 Å². The molecule has 1 rings (SSSR count). The molecule has 0 bridgehead atoms. The second-order valence-corrected chi connectivity index (χ2v) is 4.07. The molecule has 110 valence electrons. The summed E-state index contributed by atoms with van der Waals surface area (Å²) in [6.07, 6.45) is 0.972. The Kier molecular flexibility index (Phi) is 5.85. The molecule has 0 fully saturated rings. The fraction of sp³-hybridized carbons (Fsp3) is 0.500. The smallest absolute Gasteiger partial charge is 0.288 e. The number of hydrogen-bond acceptors (Lipinski definition) is 6. The van der Waals surface area contributed by atoms with E-state index in [1.807, 2.05) is 13.8 Å². The molecule has 1 amide bonds. The third-order valence-electron chi connectivity index (χ3n) is 2.57. The number of ether oxygens (including phenoxy) is 1. The van der Waals surface area contributed by atoms with E-state index in [4.69, 9.17) is 4.74 Å². The number of carbonyl (C=O) groups is 1. The number of hydrogen-bond donors (Lipinski definition) is 2. The maximum absolute atomic E-state index is 12.0. The molecular formula is C12H18N4O4. The van der Waals surface area contributed by atoms with Gasteiger partial charge in [0.1, 0.15) is 12.0 Å². The van der Waals surface area contributed by atoms with E-state index < -0.39 is 10.8 Å². The van der Waals surface area contributed by atoms with Crippen molar-refractivity contribution in [3.05, 3.63) is 27.9 Å². The van der Waals surface area contributed by atoms with Gasteiger partial charge >= 0.3 is 0 Å². The van der Waals surface area contributed by atoms with Gasteiger partial charge in [0.05, 0.1) is 16.6 Å². The minimum Gasteiger partial charge on any atom is -0.377 e. The van der Waals surface area contributed by atoms with Gasteiger partial charge in [0.2, 0.25) is 0 Å². The summed E-state index contributed by atoms with van der Waals surface area (Å²) in [4.78, 5) is 26.0. The highest BCUT2D eigenvalue weighted by Crippen LogP contribution is 2.18. The molecule has 20 heavy (non-hydrogen) atoms. The third-order valence-corrected chi connectivity index (χ3v) is 2.57. The SMILES string of the molecule is CCOC(C)CNC(=O)c1cc([N+](=O)[O-])cnc1NC. The molecule has 8 nitrogen and oxygen atoms in total. The molecule has 0 aliphatic rings. The summed E-state index contributed by atoms with van der Waals surface area (Å²) < 4.78 is 5.29. The average molecular weight is 282 g/mol. The molecule has 1 unspecified atom stereocenters. The van der Waals surface area contributed by atoms with Gasteiger partial charge in [-0.1, -0.05) is 0 Å². The molecule has 0 spiro atoms. The molecule has 2 N–H and O–H groups in total. The molecule has 0 saturated carbocycles. The van der Waals surface area contributed by atoms with Crippen LogP contribution in [0.4, 0.5) is 11.5 Å². The van der Waals surface area contributed by atoms with Gasteiger partial charge in [0, 0.05) is 26.3 Å². The Labute approximate surface area is 116 Å². The van der Waals surface area contributed by atoms with E-state index >= 15 is 0 Å². The Bertz CT molecular complexity index is 492. The lowest BCUT2D eigenvalue weighted by atomic mass is 10.2. The summed E-state index contributed by atoms with van der Waals surface area (Å²) in [6.45, 7) is 4.56. The average Bonchev–Trinajstić information content (AvgIpc) is 2.44. The maximum atomic E-state index is 12.0. The zero-order chi connectivity index (χ0) is 15.1. The van der Waals surface area contributed by atoms with Crippen LogP contribution in [-0.2, 0) is 4.74 Å². The predicted molar refractivity (Wildman–Crippen MR) is 73.9 cm³/mol. The summed E-state index contributed by atoms with van der Waals surface area (Å²) in [6, 6.07) is 1.19. The lowest BCUT2D eigenvalue weighted by Crippen LogP contribution is -2.32. The van der Waals surface area contributed by atoms with Crippen molar-refractivity contribution >= 4 is 17.4 Å². The van der Waals surface area contributed by atoms with Gasteiger partial charge in [-0.2, -0.15) is 0 Å². The number of nitro groups is 1. The van der Waals surface area contributed by atoms with Crippen molar-refractivity contribution in [2.75, 3.05) is 25.5 Å². The lowest BCUT2D eigenvalue weighted by molar-refractivity contribution is -0.385. The predicted octanol–water partition coefficient (Wildman–Crippen LogP) is 1.19. The molecule has 0 aliphatic heterocycles. The normalized spacial score (nSPS) is 11.8. The molecule has 1 heterocycles. The maximum Gasteiger partial charge on any atom is 0.288 e. The van der Waals surface area contributed by atoms with Crippen molar-refractivity contribution in [2.45, 2.75) is 20.0 Å². The number of carbonyl (C=O) groups excluding carboxylic acids is 1. The van der Waals surface area contributed by atoms with Crippen LogP contribution in [0.15, 0.2) is 12.3 Å². The number of pyridine rings is 1. The van der Waals surface area contributed by atoms with Crippen molar-refractivity contribution in [3.63, 3.8) is 0 Å². The molecule has 1 aromatic rings. The van der Waals surface area contributed by atoms with Crippen LogP contribution in [0.1, 0.15) is 24.2 Å². The minimum absolute atomic E-state index is 0.130. The molecule has 0 aromatic carbocycles.